The van der Waals surface area contributed by atoms with Crippen LogP contribution in [0.1, 0.15) is 58.0 Å². The third-order valence-electron chi connectivity index (χ3n) is 4.87. The molecular formula is C22H23N3O2. The third kappa shape index (κ3) is 4.53. The van der Waals surface area contributed by atoms with Gasteiger partial charge in [-0.15, -0.1) is 0 Å². The number of amides is 1. The van der Waals surface area contributed by atoms with Gasteiger partial charge in [0.05, 0.1) is 11.3 Å². The number of hydrogen-bond donors (Lipinski definition) is 1. The van der Waals surface area contributed by atoms with Gasteiger partial charge in [-0.3, -0.25) is 9.59 Å². The summed E-state index contributed by atoms with van der Waals surface area (Å²) in [6, 6.07) is 14.7. The molecule has 1 aliphatic heterocycles. The smallest absolute Gasteiger partial charge is 0.253 e. The van der Waals surface area contributed by atoms with Gasteiger partial charge in [0, 0.05) is 30.8 Å². The van der Waals surface area contributed by atoms with E-state index in [-0.39, 0.29) is 11.7 Å². The molecule has 2 aromatic rings. The lowest BCUT2D eigenvalue weighted by Gasteiger charge is -2.26. The SMILES string of the molecule is CC(=O)c1ccc(C#N)c(NCc2ccc(C(=O)N3CCCCC3)cc2)c1. The summed E-state index contributed by atoms with van der Waals surface area (Å²) in [4.78, 5) is 26.0. The standard InChI is InChI=1S/C22H23N3O2/c1-16(26)19-9-10-20(14-23)21(13-19)24-15-17-5-7-18(8-6-17)22(27)25-11-3-2-4-12-25/h5-10,13,24H,2-4,11-12,15H2,1H3. The van der Waals surface area contributed by atoms with Crippen LogP contribution in [0.4, 0.5) is 5.69 Å². The molecule has 1 saturated heterocycles. The van der Waals surface area contributed by atoms with Crippen LogP contribution in [0.2, 0.25) is 0 Å². The molecule has 0 bridgehead atoms. The molecule has 1 fully saturated rings. The monoisotopic (exact) mass is 361 g/mol. The van der Waals surface area contributed by atoms with Crippen LogP contribution in [0.25, 0.3) is 0 Å². The number of likely N-dealkylation sites (tertiary alicyclic amines) is 1. The second-order valence-corrected chi connectivity index (χ2v) is 6.83. The Kier molecular flexibility index (Phi) is 5.87. The summed E-state index contributed by atoms with van der Waals surface area (Å²) in [5, 5.41) is 12.5. The fraction of sp³-hybridized carbons (Fsp3) is 0.318. The third-order valence-corrected chi connectivity index (χ3v) is 4.87. The Labute approximate surface area is 159 Å². The Morgan fingerprint density at radius 2 is 1.70 bits per heavy atom. The van der Waals surface area contributed by atoms with Crippen LogP contribution in [0, 0.1) is 11.3 Å². The number of carbonyl (C=O) groups is 2. The van der Waals surface area contributed by atoms with Crippen LogP contribution < -0.4 is 5.32 Å². The molecule has 27 heavy (non-hydrogen) atoms. The number of nitriles is 1. The van der Waals surface area contributed by atoms with Gasteiger partial charge in [-0.1, -0.05) is 12.1 Å². The van der Waals surface area contributed by atoms with Crippen molar-refractivity contribution < 1.29 is 9.59 Å². The van der Waals surface area contributed by atoms with Gasteiger partial charge in [-0.25, -0.2) is 0 Å². The van der Waals surface area contributed by atoms with Crippen LogP contribution in [0.15, 0.2) is 42.5 Å². The molecule has 0 aliphatic carbocycles. The number of nitrogens with zero attached hydrogens (tertiary/aromatic N) is 2. The highest BCUT2D eigenvalue weighted by molar-refractivity contribution is 5.95. The zero-order chi connectivity index (χ0) is 19.2. The van der Waals surface area contributed by atoms with E-state index in [2.05, 4.69) is 11.4 Å². The summed E-state index contributed by atoms with van der Waals surface area (Å²) >= 11 is 0. The highest BCUT2D eigenvalue weighted by Crippen LogP contribution is 2.19. The largest absolute Gasteiger partial charge is 0.380 e. The van der Waals surface area contributed by atoms with Crippen LogP contribution in [-0.4, -0.2) is 29.7 Å². The van der Waals surface area contributed by atoms with Gasteiger partial charge in [0.15, 0.2) is 5.78 Å². The number of piperidine rings is 1. The minimum atomic E-state index is -0.0388. The molecule has 0 radical (unpaired) electrons. The van der Waals surface area contributed by atoms with E-state index in [9.17, 15) is 14.9 Å². The molecule has 0 saturated carbocycles. The average Bonchev–Trinajstić information content (AvgIpc) is 2.72. The quantitative estimate of drug-likeness (QED) is 0.817. The number of carbonyl (C=O) groups excluding carboxylic acids is 2. The Morgan fingerprint density at radius 3 is 2.33 bits per heavy atom. The molecule has 5 nitrogen and oxygen atoms in total. The van der Waals surface area contributed by atoms with E-state index in [1.807, 2.05) is 29.2 Å². The van der Waals surface area contributed by atoms with E-state index in [1.54, 1.807) is 18.2 Å². The van der Waals surface area contributed by atoms with Crippen LogP contribution >= 0.6 is 0 Å². The van der Waals surface area contributed by atoms with Gasteiger partial charge in [-0.2, -0.15) is 5.26 Å². The first kappa shape index (κ1) is 18.7. The number of rotatable bonds is 5. The van der Waals surface area contributed by atoms with Crippen LogP contribution in [0.5, 0.6) is 0 Å². The van der Waals surface area contributed by atoms with Gasteiger partial charge in [0.2, 0.25) is 0 Å². The van der Waals surface area contributed by atoms with Crippen molar-refractivity contribution in [3.63, 3.8) is 0 Å². The van der Waals surface area contributed by atoms with Crippen LogP contribution in [-0.2, 0) is 6.54 Å². The normalized spacial score (nSPS) is 13.7. The van der Waals surface area contributed by atoms with E-state index in [1.165, 1.54) is 13.3 Å². The van der Waals surface area contributed by atoms with Gasteiger partial charge >= 0.3 is 0 Å². The molecule has 3 rings (SSSR count). The lowest BCUT2D eigenvalue weighted by molar-refractivity contribution is 0.0724. The molecule has 1 amide bonds. The first-order valence-electron chi connectivity index (χ1n) is 9.25. The molecule has 1 heterocycles. The van der Waals surface area contributed by atoms with E-state index in [0.717, 1.165) is 31.5 Å². The zero-order valence-electron chi connectivity index (χ0n) is 15.5. The fourth-order valence-electron chi connectivity index (χ4n) is 3.25. The Bertz CT molecular complexity index is 875. The Morgan fingerprint density at radius 1 is 1.04 bits per heavy atom. The molecule has 0 unspecified atom stereocenters. The highest BCUT2D eigenvalue weighted by atomic mass is 16.2. The number of anilines is 1. The van der Waals surface area contributed by atoms with Crippen molar-refractivity contribution in [1.82, 2.24) is 4.90 Å². The number of nitrogens with one attached hydrogen (secondary N) is 1. The fourth-order valence-corrected chi connectivity index (χ4v) is 3.25. The van der Waals surface area contributed by atoms with Crippen molar-refractivity contribution in [2.24, 2.45) is 0 Å². The summed E-state index contributed by atoms with van der Waals surface area (Å²) in [6.45, 7) is 3.69. The van der Waals surface area contributed by atoms with E-state index in [0.29, 0.717) is 28.9 Å². The number of hydrogen-bond acceptors (Lipinski definition) is 4. The van der Waals surface area contributed by atoms with Gasteiger partial charge in [0.25, 0.3) is 5.91 Å². The van der Waals surface area contributed by atoms with Crippen LogP contribution in [0.3, 0.4) is 0 Å². The van der Waals surface area contributed by atoms with Gasteiger partial charge < -0.3 is 10.2 Å². The van der Waals surface area contributed by atoms with E-state index >= 15 is 0 Å². The van der Waals surface area contributed by atoms with E-state index < -0.39 is 0 Å². The predicted octanol–water partition coefficient (Wildman–Crippen LogP) is 4.00. The molecule has 5 heteroatoms. The number of benzene rings is 2. The minimum Gasteiger partial charge on any atom is -0.380 e. The summed E-state index contributed by atoms with van der Waals surface area (Å²) in [6.07, 6.45) is 3.35. The lowest BCUT2D eigenvalue weighted by Crippen LogP contribution is -2.35. The Hall–Kier alpha value is -3.13. The molecule has 138 valence electrons. The van der Waals surface area contributed by atoms with Crippen molar-refractivity contribution >= 4 is 17.4 Å². The van der Waals surface area contributed by atoms with E-state index in [4.69, 9.17) is 0 Å². The second-order valence-electron chi connectivity index (χ2n) is 6.83. The maximum atomic E-state index is 12.5. The maximum absolute atomic E-state index is 12.5. The summed E-state index contributed by atoms with van der Waals surface area (Å²) in [5.74, 6) is 0.0539. The second kappa shape index (κ2) is 8.50. The van der Waals surface area contributed by atoms with Crippen molar-refractivity contribution in [2.45, 2.75) is 32.7 Å². The lowest BCUT2D eigenvalue weighted by atomic mass is 10.1. The highest BCUT2D eigenvalue weighted by Gasteiger charge is 2.17. The summed E-state index contributed by atoms with van der Waals surface area (Å²) in [5.41, 5.74) is 3.41. The van der Waals surface area contributed by atoms with Crippen molar-refractivity contribution in [1.29, 1.82) is 5.26 Å². The van der Waals surface area contributed by atoms with Crippen molar-refractivity contribution in [3.05, 3.63) is 64.7 Å². The molecule has 2 aromatic carbocycles. The molecular weight excluding hydrogens is 338 g/mol. The summed E-state index contributed by atoms with van der Waals surface area (Å²) < 4.78 is 0. The first-order chi connectivity index (χ1) is 13.1. The van der Waals surface area contributed by atoms with Gasteiger partial charge in [-0.05, 0) is 62.1 Å². The van der Waals surface area contributed by atoms with Crippen molar-refractivity contribution in [3.8, 4) is 6.07 Å². The zero-order valence-corrected chi connectivity index (χ0v) is 15.5. The van der Waals surface area contributed by atoms with Gasteiger partial charge in [0.1, 0.15) is 6.07 Å². The first-order valence-corrected chi connectivity index (χ1v) is 9.25. The molecule has 0 spiro atoms. The topological polar surface area (TPSA) is 73.2 Å². The maximum Gasteiger partial charge on any atom is 0.253 e. The molecule has 1 aliphatic rings. The number of Topliss-reactive ketones (excluding diaryl/α,β-unsaturated/α-hetero) is 1. The predicted molar refractivity (Wildman–Crippen MR) is 105 cm³/mol. The summed E-state index contributed by atoms with van der Waals surface area (Å²) in [7, 11) is 0. The van der Waals surface area contributed by atoms with Crippen molar-refractivity contribution in [2.75, 3.05) is 18.4 Å². The molecule has 1 N–H and O–H groups in total. The average molecular weight is 361 g/mol. The Balaban J connectivity index is 1.67. The number of ketones is 1. The molecule has 0 aromatic heterocycles. The molecule has 0 atom stereocenters. The minimum absolute atomic E-state index is 0.0388.